The molecule has 0 spiro atoms. The number of aliphatic hydroxyl groups excluding tert-OH is 1. The van der Waals surface area contributed by atoms with E-state index in [0.717, 1.165) is 60.8 Å². The molecule has 0 aliphatic carbocycles. The Kier molecular flexibility index (Phi) is 4.76. The lowest BCUT2D eigenvalue weighted by Crippen LogP contribution is -2.47. The Hall–Kier alpha value is -2.22. The molecule has 136 valence electrons. The third-order valence-electron chi connectivity index (χ3n) is 4.83. The molecular weight excluding hydrogens is 352 g/mol. The molecule has 4 rings (SSSR count). The number of hydrogen-bond acceptors (Lipinski definition) is 6. The van der Waals surface area contributed by atoms with Crippen molar-refractivity contribution < 1.29 is 5.11 Å². The van der Waals surface area contributed by atoms with E-state index in [9.17, 15) is 0 Å². The van der Waals surface area contributed by atoms with Crippen LogP contribution in [0, 0.1) is 6.92 Å². The standard InChI is InChI=1S/C18H21ClN6O/c1-13-2-3-14(19)10-16(13)25-18-15(11-22-25)17(20-12-21-18)24-6-4-23(5-7-24)8-9-26/h2-3,10-12,26H,4-9H2,1H3. The number of benzene rings is 1. The van der Waals surface area contributed by atoms with Crippen molar-refractivity contribution in [1.82, 2.24) is 24.6 Å². The molecule has 2 aromatic heterocycles. The van der Waals surface area contributed by atoms with Gasteiger partial charge in [0.15, 0.2) is 5.65 Å². The number of β-amino-alcohol motifs (C(OH)–C–C–N with tert-alkyl or cyclic N) is 1. The summed E-state index contributed by atoms with van der Waals surface area (Å²) in [6.07, 6.45) is 3.42. The molecule has 1 N–H and O–H groups in total. The molecular formula is C18H21ClN6O. The van der Waals surface area contributed by atoms with Gasteiger partial charge in [0, 0.05) is 37.7 Å². The molecule has 0 atom stereocenters. The Morgan fingerprint density at radius 1 is 1.15 bits per heavy atom. The molecule has 3 heterocycles. The predicted molar refractivity (Wildman–Crippen MR) is 102 cm³/mol. The van der Waals surface area contributed by atoms with Crippen molar-refractivity contribution in [2.45, 2.75) is 6.92 Å². The van der Waals surface area contributed by atoms with Gasteiger partial charge in [-0.25, -0.2) is 14.6 Å². The van der Waals surface area contributed by atoms with E-state index in [1.165, 1.54) is 0 Å². The summed E-state index contributed by atoms with van der Waals surface area (Å²) in [5.74, 6) is 0.907. The number of fused-ring (bicyclic) bond motifs is 1. The van der Waals surface area contributed by atoms with Crippen LogP contribution in [-0.4, -0.2) is 69.1 Å². The maximum absolute atomic E-state index is 9.10. The van der Waals surface area contributed by atoms with Crippen LogP contribution in [0.15, 0.2) is 30.7 Å². The fourth-order valence-corrected chi connectivity index (χ4v) is 3.56. The lowest BCUT2D eigenvalue weighted by Gasteiger charge is -2.35. The van der Waals surface area contributed by atoms with Gasteiger partial charge >= 0.3 is 0 Å². The van der Waals surface area contributed by atoms with Crippen LogP contribution in [0.25, 0.3) is 16.7 Å². The lowest BCUT2D eigenvalue weighted by atomic mass is 10.2. The fourth-order valence-electron chi connectivity index (χ4n) is 3.40. The van der Waals surface area contributed by atoms with Crippen molar-refractivity contribution in [1.29, 1.82) is 0 Å². The first kappa shape index (κ1) is 17.2. The van der Waals surface area contributed by atoms with Gasteiger partial charge < -0.3 is 10.0 Å². The molecule has 1 saturated heterocycles. The second-order valence-electron chi connectivity index (χ2n) is 6.47. The lowest BCUT2D eigenvalue weighted by molar-refractivity contribution is 0.188. The average Bonchev–Trinajstić information content (AvgIpc) is 3.09. The van der Waals surface area contributed by atoms with Gasteiger partial charge in [-0.05, 0) is 24.6 Å². The Balaban J connectivity index is 1.69. The van der Waals surface area contributed by atoms with Crippen molar-refractivity contribution in [3.63, 3.8) is 0 Å². The second kappa shape index (κ2) is 7.19. The third kappa shape index (κ3) is 3.13. The van der Waals surface area contributed by atoms with Crippen LogP contribution < -0.4 is 4.90 Å². The number of aliphatic hydroxyl groups is 1. The number of hydrogen-bond donors (Lipinski definition) is 1. The van der Waals surface area contributed by atoms with Crippen LogP contribution in [0.5, 0.6) is 0 Å². The van der Waals surface area contributed by atoms with Gasteiger partial charge in [0.2, 0.25) is 0 Å². The minimum atomic E-state index is 0.198. The Morgan fingerprint density at radius 2 is 1.96 bits per heavy atom. The van der Waals surface area contributed by atoms with Crippen molar-refractivity contribution in [3.8, 4) is 5.69 Å². The summed E-state index contributed by atoms with van der Waals surface area (Å²) in [4.78, 5) is 13.5. The van der Waals surface area contributed by atoms with Crippen LogP contribution >= 0.6 is 11.6 Å². The second-order valence-corrected chi connectivity index (χ2v) is 6.91. The maximum Gasteiger partial charge on any atom is 0.168 e. The van der Waals surface area contributed by atoms with Crippen molar-refractivity contribution in [3.05, 3.63) is 41.3 Å². The summed E-state index contributed by atoms with van der Waals surface area (Å²) in [6.45, 7) is 6.51. The number of aromatic nitrogens is 4. The Labute approximate surface area is 156 Å². The summed E-state index contributed by atoms with van der Waals surface area (Å²) in [5, 5.41) is 15.3. The topological polar surface area (TPSA) is 70.3 Å². The number of piperazine rings is 1. The van der Waals surface area contributed by atoms with Gasteiger partial charge in [0.1, 0.15) is 12.1 Å². The van der Waals surface area contributed by atoms with Crippen molar-refractivity contribution >= 4 is 28.5 Å². The first-order chi connectivity index (χ1) is 12.7. The van der Waals surface area contributed by atoms with Gasteiger partial charge in [0.25, 0.3) is 0 Å². The molecule has 1 aliphatic rings. The molecule has 0 radical (unpaired) electrons. The molecule has 0 bridgehead atoms. The minimum Gasteiger partial charge on any atom is -0.395 e. The normalized spacial score (nSPS) is 15.7. The van der Waals surface area contributed by atoms with E-state index in [1.54, 1.807) is 6.33 Å². The van der Waals surface area contributed by atoms with Gasteiger partial charge in [-0.15, -0.1) is 0 Å². The quantitative estimate of drug-likeness (QED) is 0.754. The van der Waals surface area contributed by atoms with Crippen LogP contribution in [0.1, 0.15) is 5.56 Å². The summed E-state index contributed by atoms with van der Waals surface area (Å²) in [6, 6.07) is 5.75. The van der Waals surface area contributed by atoms with Crippen LogP contribution in [0.2, 0.25) is 5.02 Å². The number of rotatable bonds is 4. The zero-order valence-corrected chi connectivity index (χ0v) is 15.4. The number of anilines is 1. The van der Waals surface area contributed by atoms with Crippen molar-refractivity contribution in [2.75, 3.05) is 44.2 Å². The van der Waals surface area contributed by atoms with E-state index in [2.05, 4.69) is 24.9 Å². The number of nitrogens with zero attached hydrogens (tertiary/aromatic N) is 6. The zero-order chi connectivity index (χ0) is 18.1. The van der Waals surface area contributed by atoms with E-state index in [1.807, 2.05) is 36.0 Å². The van der Waals surface area contributed by atoms with E-state index in [0.29, 0.717) is 5.02 Å². The Bertz CT molecular complexity index is 919. The highest BCUT2D eigenvalue weighted by molar-refractivity contribution is 6.30. The first-order valence-electron chi connectivity index (χ1n) is 8.71. The highest BCUT2D eigenvalue weighted by Crippen LogP contribution is 2.27. The van der Waals surface area contributed by atoms with Gasteiger partial charge in [0.05, 0.1) is 23.9 Å². The molecule has 3 aromatic rings. The largest absolute Gasteiger partial charge is 0.395 e. The molecule has 8 heteroatoms. The Morgan fingerprint density at radius 3 is 2.73 bits per heavy atom. The molecule has 0 unspecified atom stereocenters. The van der Waals surface area contributed by atoms with Crippen LogP contribution in [0.3, 0.4) is 0 Å². The van der Waals surface area contributed by atoms with E-state index < -0.39 is 0 Å². The van der Waals surface area contributed by atoms with E-state index >= 15 is 0 Å². The molecule has 0 amide bonds. The number of aryl methyl sites for hydroxylation is 1. The monoisotopic (exact) mass is 372 g/mol. The first-order valence-corrected chi connectivity index (χ1v) is 9.08. The molecule has 1 aromatic carbocycles. The van der Waals surface area contributed by atoms with Crippen molar-refractivity contribution in [2.24, 2.45) is 0 Å². The smallest absolute Gasteiger partial charge is 0.168 e. The average molecular weight is 373 g/mol. The molecule has 1 fully saturated rings. The molecule has 7 nitrogen and oxygen atoms in total. The van der Waals surface area contributed by atoms with Crippen LogP contribution in [-0.2, 0) is 0 Å². The summed E-state index contributed by atoms with van der Waals surface area (Å²) in [7, 11) is 0. The highest BCUT2D eigenvalue weighted by atomic mass is 35.5. The van der Waals surface area contributed by atoms with Gasteiger partial charge in [-0.1, -0.05) is 17.7 Å². The number of halogens is 1. The fraction of sp³-hybridized carbons (Fsp3) is 0.389. The third-order valence-corrected chi connectivity index (χ3v) is 5.07. The van der Waals surface area contributed by atoms with Gasteiger partial charge in [-0.2, -0.15) is 5.10 Å². The zero-order valence-electron chi connectivity index (χ0n) is 14.6. The molecule has 26 heavy (non-hydrogen) atoms. The van der Waals surface area contributed by atoms with E-state index in [4.69, 9.17) is 16.7 Å². The highest BCUT2D eigenvalue weighted by Gasteiger charge is 2.21. The predicted octanol–water partition coefficient (Wildman–Crippen LogP) is 1.89. The summed E-state index contributed by atoms with van der Waals surface area (Å²) < 4.78 is 1.82. The van der Waals surface area contributed by atoms with E-state index in [-0.39, 0.29) is 6.61 Å². The summed E-state index contributed by atoms with van der Waals surface area (Å²) in [5.41, 5.74) is 2.78. The maximum atomic E-state index is 9.10. The molecule has 1 aliphatic heterocycles. The SMILES string of the molecule is Cc1ccc(Cl)cc1-n1ncc2c(N3CCN(CCO)CC3)ncnc21. The van der Waals surface area contributed by atoms with Crippen LogP contribution in [0.4, 0.5) is 5.82 Å². The molecule has 0 saturated carbocycles. The minimum absolute atomic E-state index is 0.198. The summed E-state index contributed by atoms with van der Waals surface area (Å²) >= 11 is 6.17. The van der Waals surface area contributed by atoms with Gasteiger partial charge in [-0.3, -0.25) is 4.90 Å².